The number of aryl methyl sites for hydroxylation is 1. The van der Waals surface area contributed by atoms with E-state index < -0.39 is 0 Å². The van der Waals surface area contributed by atoms with Crippen LogP contribution >= 0.6 is 22.6 Å². The standard InChI is InChI=1S/C12H12IN3O/c1-6-4-5-17-10(6)12-15-9(7-2-3-7)8(13)11(14)16-12/h4-5,7H,2-3H2,1H3,(H2,14,15,16). The normalized spacial score (nSPS) is 15.2. The summed E-state index contributed by atoms with van der Waals surface area (Å²) in [5.74, 6) is 2.43. The van der Waals surface area contributed by atoms with Gasteiger partial charge in [0.25, 0.3) is 0 Å². The molecule has 4 nitrogen and oxygen atoms in total. The van der Waals surface area contributed by atoms with Crippen LogP contribution in [0.1, 0.15) is 30.0 Å². The van der Waals surface area contributed by atoms with E-state index in [-0.39, 0.29) is 0 Å². The van der Waals surface area contributed by atoms with Crippen LogP contribution < -0.4 is 5.73 Å². The summed E-state index contributed by atoms with van der Waals surface area (Å²) in [7, 11) is 0. The second kappa shape index (κ2) is 3.97. The molecule has 2 N–H and O–H groups in total. The first kappa shape index (κ1) is 11.0. The zero-order valence-electron chi connectivity index (χ0n) is 9.40. The quantitative estimate of drug-likeness (QED) is 0.853. The summed E-state index contributed by atoms with van der Waals surface area (Å²) in [6.45, 7) is 1.98. The number of hydrogen-bond donors (Lipinski definition) is 1. The van der Waals surface area contributed by atoms with E-state index in [1.807, 2.05) is 13.0 Å². The number of rotatable bonds is 2. The monoisotopic (exact) mass is 341 g/mol. The molecule has 1 aliphatic rings. The molecule has 0 bridgehead atoms. The number of nitrogens with two attached hydrogens (primary N) is 1. The van der Waals surface area contributed by atoms with Crippen LogP contribution in [0.3, 0.4) is 0 Å². The largest absolute Gasteiger partial charge is 0.461 e. The molecule has 1 saturated carbocycles. The van der Waals surface area contributed by atoms with Crippen LogP contribution in [0.2, 0.25) is 0 Å². The molecule has 0 unspecified atom stereocenters. The van der Waals surface area contributed by atoms with Crippen molar-refractivity contribution in [1.29, 1.82) is 0 Å². The number of nitrogens with zero attached hydrogens (tertiary/aromatic N) is 2. The maximum atomic E-state index is 5.94. The van der Waals surface area contributed by atoms with Crippen LogP contribution in [-0.4, -0.2) is 9.97 Å². The number of nitrogen functional groups attached to an aromatic ring is 1. The number of halogens is 1. The third-order valence-electron chi connectivity index (χ3n) is 2.93. The van der Waals surface area contributed by atoms with E-state index in [4.69, 9.17) is 10.2 Å². The predicted octanol–water partition coefficient (Wildman–Crippen LogP) is 3.11. The number of furan rings is 1. The molecule has 3 rings (SSSR count). The highest BCUT2D eigenvalue weighted by Gasteiger charge is 2.29. The van der Waals surface area contributed by atoms with Gasteiger partial charge in [-0.05, 0) is 54.0 Å². The number of aromatic nitrogens is 2. The van der Waals surface area contributed by atoms with Crippen molar-refractivity contribution in [2.24, 2.45) is 0 Å². The van der Waals surface area contributed by atoms with Crippen molar-refractivity contribution in [2.75, 3.05) is 5.73 Å². The van der Waals surface area contributed by atoms with E-state index in [9.17, 15) is 0 Å². The van der Waals surface area contributed by atoms with Crippen molar-refractivity contribution in [1.82, 2.24) is 9.97 Å². The lowest BCUT2D eigenvalue weighted by Gasteiger charge is -2.07. The van der Waals surface area contributed by atoms with Gasteiger partial charge in [0.05, 0.1) is 15.5 Å². The molecule has 2 heterocycles. The zero-order chi connectivity index (χ0) is 12.0. The third kappa shape index (κ3) is 1.92. The smallest absolute Gasteiger partial charge is 0.198 e. The lowest BCUT2D eigenvalue weighted by molar-refractivity contribution is 0.575. The van der Waals surface area contributed by atoms with Gasteiger partial charge in [-0.2, -0.15) is 0 Å². The van der Waals surface area contributed by atoms with Crippen molar-refractivity contribution in [3.8, 4) is 11.6 Å². The van der Waals surface area contributed by atoms with Crippen LogP contribution in [0.5, 0.6) is 0 Å². The topological polar surface area (TPSA) is 64.9 Å². The minimum Gasteiger partial charge on any atom is -0.461 e. The van der Waals surface area contributed by atoms with E-state index in [1.165, 1.54) is 12.8 Å². The summed E-state index contributed by atoms with van der Waals surface area (Å²) in [5, 5.41) is 0. The number of hydrogen-bond acceptors (Lipinski definition) is 4. The van der Waals surface area contributed by atoms with Gasteiger partial charge in [-0.1, -0.05) is 0 Å². The summed E-state index contributed by atoms with van der Waals surface area (Å²) in [4.78, 5) is 8.92. The Morgan fingerprint density at radius 1 is 1.41 bits per heavy atom. The van der Waals surface area contributed by atoms with Crippen molar-refractivity contribution in [3.05, 3.63) is 27.2 Å². The van der Waals surface area contributed by atoms with Crippen molar-refractivity contribution < 1.29 is 4.42 Å². The summed E-state index contributed by atoms with van der Waals surface area (Å²) in [6.07, 6.45) is 4.05. The average molecular weight is 341 g/mol. The molecule has 0 aromatic carbocycles. The van der Waals surface area contributed by atoms with Crippen molar-refractivity contribution in [3.63, 3.8) is 0 Å². The van der Waals surface area contributed by atoms with Gasteiger partial charge in [-0.3, -0.25) is 0 Å². The van der Waals surface area contributed by atoms with Gasteiger partial charge in [0.1, 0.15) is 5.82 Å². The van der Waals surface area contributed by atoms with Crippen molar-refractivity contribution >= 4 is 28.4 Å². The first-order valence-electron chi connectivity index (χ1n) is 5.54. The molecule has 0 saturated heterocycles. The molecule has 2 aromatic heterocycles. The fraction of sp³-hybridized carbons (Fsp3) is 0.333. The van der Waals surface area contributed by atoms with Gasteiger partial charge >= 0.3 is 0 Å². The van der Waals surface area contributed by atoms with Gasteiger partial charge in [0.2, 0.25) is 0 Å². The van der Waals surface area contributed by atoms with E-state index in [1.54, 1.807) is 6.26 Å². The second-order valence-electron chi connectivity index (χ2n) is 4.34. The minimum atomic E-state index is 0.549. The van der Waals surface area contributed by atoms with E-state index in [0.29, 0.717) is 17.6 Å². The lowest BCUT2D eigenvalue weighted by Crippen LogP contribution is -2.04. The Morgan fingerprint density at radius 2 is 2.18 bits per heavy atom. The van der Waals surface area contributed by atoms with Crippen LogP contribution in [0.4, 0.5) is 5.82 Å². The summed E-state index contributed by atoms with van der Waals surface area (Å²) in [5.41, 5.74) is 8.05. The van der Waals surface area contributed by atoms with Gasteiger partial charge < -0.3 is 10.2 Å². The highest BCUT2D eigenvalue weighted by molar-refractivity contribution is 14.1. The Morgan fingerprint density at radius 3 is 2.76 bits per heavy atom. The molecule has 1 fully saturated rings. The van der Waals surface area contributed by atoms with Crippen LogP contribution in [0.15, 0.2) is 16.7 Å². The van der Waals surface area contributed by atoms with E-state index in [0.717, 1.165) is 20.6 Å². The molecule has 1 aliphatic carbocycles. The predicted molar refractivity (Wildman–Crippen MR) is 73.6 cm³/mol. The third-order valence-corrected chi connectivity index (χ3v) is 4.04. The zero-order valence-corrected chi connectivity index (χ0v) is 11.6. The van der Waals surface area contributed by atoms with Gasteiger partial charge in [-0.25, -0.2) is 9.97 Å². The molecule has 17 heavy (non-hydrogen) atoms. The SMILES string of the molecule is Cc1ccoc1-c1nc(N)c(I)c(C2CC2)n1. The fourth-order valence-corrected chi connectivity index (χ4v) is 2.49. The summed E-state index contributed by atoms with van der Waals surface area (Å²) >= 11 is 2.22. The van der Waals surface area contributed by atoms with Gasteiger partial charge in [0.15, 0.2) is 11.6 Å². The molecule has 0 amide bonds. The highest BCUT2D eigenvalue weighted by atomic mass is 127. The minimum absolute atomic E-state index is 0.549. The Balaban J connectivity index is 2.15. The van der Waals surface area contributed by atoms with Gasteiger partial charge in [0, 0.05) is 5.92 Å². The van der Waals surface area contributed by atoms with Crippen LogP contribution in [0.25, 0.3) is 11.6 Å². The maximum absolute atomic E-state index is 5.94. The Hall–Kier alpha value is -1.11. The Labute approximate surface area is 113 Å². The highest BCUT2D eigenvalue weighted by Crippen LogP contribution is 2.42. The molecule has 0 aliphatic heterocycles. The average Bonchev–Trinajstić information content (AvgIpc) is 3.05. The first-order chi connectivity index (χ1) is 8.16. The molecule has 88 valence electrons. The molecular weight excluding hydrogens is 329 g/mol. The molecule has 5 heteroatoms. The summed E-state index contributed by atoms with van der Waals surface area (Å²) in [6, 6.07) is 1.91. The Bertz CT molecular complexity index is 575. The lowest BCUT2D eigenvalue weighted by atomic mass is 10.2. The van der Waals surface area contributed by atoms with Crippen LogP contribution in [-0.2, 0) is 0 Å². The van der Waals surface area contributed by atoms with E-state index in [2.05, 4.69) is 32.6 Å². The van der Waals surface area contributed by atoms with Crippen LogP contribution in [0, 0.1) is 10.5 Å². The molecule has 0 radical (unpaired) electrons. The van der Waals surface area contributed by atoms with E-state index >= 15 is 0 Å². The van der Waals surface area contributed by atoms with Gasteiger partial charge in [-0.15, -0.1) is 0 Å². The number of anilines is 1. The second-order valence-corrected chi connectivity index (χ2v) is 5.42. The first-order valence-corrected chi connectivity index (χ1v) is 6.62. The summed E-state index contributed by atoms with van der Waals surface area (Å²) < 4.78 is 6.40. The molecular formula is C12H12IN3O. The Kier molecular flexibility index (Phi) is 2.57. The fourth-order valence-electron chi connectivity index (χ4n) is 1.81. The maximum Gasteiger partial charge on any atom is 0.198 e. The molecule has 0 atom stereocenters. The van der Waals surface area contributed by atoms with Crippen molar-refractivity contribution in [2.45, 2.75) is 25.7 Å². The molecule has 2 aromatic rings. The molecule has 0 spiro atoms.